The van der Waals surface area contributed by atoms with Crippen LogP contribution in [0.5, 0.6) is 0 Å². The van der Waals surface area contributed by atoms with Gasteiger partial charge in [0.1, 0.15) is 0 Å². The van der Waals surface area contributed by atoms with E-state index in [4.69, 9.17) is 0 Å². The zero-order valence-corrected chi connectivity index (χ0v) is 18.0. The van der Waals surface area contributed by atoms with E-state index in [1.807, 2.05) is 108 Å². The van der Waals surface area contributed by atoms with Gasteiger partial charge in [-0.1, -0.05) is 137 Å². The van der Waals surface area contributed by atoms with Crippen molar-refractivity contribution in [3.05, 3.63) is 109 Å². The van der Waals surface area contributed by atoms with Crippen LogP contribution in [0.4, 0.5) is 0 Å². The van der Waals surface area contributed by atoms with E-state index < -0.39 is 0 Å². The molecular formula is C26H40. The predicted octanol–water partition coefficient (Wildman–Crippen LogP) is 8.80. The molecule has 0 heterocycles. The van der Waals surface area contributed by atoms with Gasteiger partial charge in [0, 0.05) is 0 Å². The average Bonchev–Trinajstić information content (AvgIpc) is 2.70. The van der Waals surface area contributed by atoms with E-state index in [0.29, 0.717) is 0 Å². The topological polar surface area (TPSA) is 0 Å². The highest BCUT2D eigenvalue weighted by Gasteiger charge is 1.72. The van der Waals surface area contributed by atoms with Crippen molar-refractivity contribution in [3.63, 3.8) is 0 Å². The molecule has 0 bridgehead atoms. The van der Waals surface area contributed by atoms with E-state index in [1.165, 1.54) is 5.56 Å². The lowest BCUT2D eigenvalue weighted by Gasteiger charge is -1.82. The van der Waals surface area contributed by atoms with Crippen LogP contribution in [-0.2, 0) is 0 Å². The molecule has 0 N–H and O–H groups in total. The Kier molecular flexibility index (Phi) is 33.4. The quantitative estimate of drug-likeness (QED) is 0.449. The summed E-state index contributed by atoms with van der Waals surface area (Å²) < 4.78 is 0. The van der Waals surface area contributed by atoms with Crippen LogP contribution in [0.3, 0.4) is 0 Å². The summed E-state index contributed by atoms with van der Waals surface area (Å²) in [7, 11) is 0. The smallest absolute Gasteiger partial charge is 0.0163 e. The minimum Gasteiger partial charge on any atom is -0.0877 e. The molecule has 0 heteroatoms. The number of hydrogen-bond acceptors (Lipinski definition) is 0. The molecule has 0 amide bonds. The van der Waals surface area contributed by atoms with E-state index in [9.17, 15) is 0 Å². The van der Waals surface area contributed by atoms with Crippen molar-refractivity contribution in [2.75, 3.05) is 0 Å². The summed E-state index contributed by atoms with van der Waals surface area (Å²) >= 11 is 0. The number of allylic oxidation sites excluding steroid dienone is 12. The lowest BCUT2D eigenvalue weighted by atomic mass is 10.2. The van der Waals surface area contributed by atoms with Crippen molar-refractivity contribution >= 4 is 0 Å². The van der Waals surface area contributed by atoms with E-state index in [1.54, 1.807) is 0 Å². The third-order valence-electron chi connectivity index (χ3n) is 2.54. The van der Waals surface area contributed by atoms with Crippen LogP contribution in [0.2, 0.25) is 0 Å². The Morgan fingerprint density at radius 1 is 0.577 bits per heavy atom. The molecule has 0 aliphatic carbocycles. The fourth-order valence-electron chi connectivity index (χ4n) is 1.41. The van der Waals surface area contributed by atoms with E-state index in [-0.39, 0.29) is 0 Å². The first-order chi connectivity index (χ1) is 12.8. The van der Waals surface area contributed by atoms with Gasteiger partial charge in [-0.15, -0.1) is 0 Å². The van der Waals surface area contributed by atoms with Crippen molar-refractivity contribution in [1.29, 1.82) is 0 Å². The summed E-state index contributed by atoms with van der Waals surface area (Å²) in [5.41, 5.74) is 1.32. The van der Waals surface area contributed by atoms with Crippen LogP contribution in [0.1, 0.15) is 53.5 Å². The first kappa shape index (κ1) is 28.5. The number of aryl methyl sites for hydroxylation is 1. The Bertz CT molecular complexity index is 508. The van der Waals surface area contributed by atoms with E-state index >= 15 is 0 Å². The molecule has 0 unspecified atom stereocenters. The second-order valence-electron chi connectivity index (χ2n) is 4.57. The molecule has 1 aromatic rings. The molecule has 144 valence electrons. The maximum absolute atomic E-state index is 2.12. The Morgan fingerprint density at radius 2 is 0.962 bits per heavy atom. The largest absolute Gasteiger partial charge is 0.0877 e. The number of benzene rings is 1. The van der Waals surface area contributed by atoms with Gasteiger partial charge in [0.05, 0.1) is 0 Å². The molecular weight excluding hydrogens is 312 g/mol. The zero-order chi connectivity index (χ0) is 20.3. The molecule has 0 aliphatic rings. The first-order valence-electron chi connectivity index (χ1n) is 9.72. The molecule has 0 atom stereocenters. The maximum Gasteiger partial charge on any atom is -0.0163 e. The van der Waals surface area contributed by atoms with Crippen molar-refractivity contribution in [1.82, 2.24) is 0 Å². The minimum absolute atomic E-state index is 0.979. The highest BCUT2D eigenvalue weighted by Crippen LogP contribution is 1.92. The fourth-order valence-corrected chi connectivity index (χ4v) is 1.41. The molecule has 0 nitrogen and oxygen atoms in total. The third kappa shape index (κ3) is 29.6. The molecule has 1 aromatic carbocycles. The molecule has 26 heavy (non-hydrogen) atoms. The molecule has 0 saturated heterocycles. The standard InChI is InChI=1S/C15H20.C7H8.2C2H6/c1-3-5-7-9-11-13-15-14-12-10-8-6-4-2;1-7-5-3-2-4-6-7;2*1-2/h3-11,13-15H,12H2,1-2H3;2-6H,1H3;2*1-2H3/b5-3+,6-4+,9-7+,10-8+,13-11+,15-14+;;;. The van der Waals surface area contributed by atoms with E-state index in [0.717, 1.165) is 6.42 Å². The van der Waals surface area contributed by atoms with Crippen LogP contribution < -0.4 is 0 Å². The van der Waals surface area contributed by atoms with Crippen LogP contribution in [0.25, 0.3) is 0 Å². The van der Waals surface area contributed by atoms with Gasteiger partial charge in [0.15, 0.2) is 0 Å². The van der Waals surface area contributed by atoms with Gasteiger partial charge >= 0.3 is 0 Å². The molecule has 0 spiro atoms. The summed E-state index contributed by atoms with van der Waals surface area (Å²) in [6.45, 7) is 14.1. The Labute approximate surface area is 164 Å². The minimum atomic E-state index is 0.979. The van der Waals surface area contributed by atoms with Gasteiger partial charge in [-0.2, -0.15) is 0 Å². The third-order valence-corrected chi connectivity index (χ3v) is 2.54. The summed E-state index contributed by atoms with van der Waals surface area (Å²) in [6.07, 6.45) is 25.5. The second-order valence-corrected chi connectivity index (χ2v) is 4.57. The fraction of sp³-hybridized carbons (Fsp3) is 0.308. The molecule has 1 rings (SSSR count). The average molecular weight is 353 g/mol. The van der Waals surface area contributed by atoms with Gasteiger partial charge in [-0.25, -0.2) is 0 Å². The summed E-state index contributed by atoms with van der Waals surface area (Å²) in [6, 6.07) is 10.3. The van der Waals surface area contributed by atoms with Crippen molar-refractivity contribution < 1.29 is 0 Å². The number of rotatable bonds is 6. The Balaban J connectivity index is -0.000000397. The van der Waals surface area contributed by atoms with Crippen LogP contribution in [-0.4, -0.2) is 0 Å². The lowest BCUT2D eigenvalue weighted by Crippen LogP contribution is -1.62. The van der Waals surface area contributed by atoms with Crippen molar-refractivity contribution in [2.45, 2.75) is 54.9 Å². The number of hydrogen-bond donors (Lipinski definition) is 0. The molecule has 0 aromatic heterocycles. The zero-order valence-electron chi connectivity index (χ0n) is 18.0. The summed E-state index contributed by atoms with van der Waals surface area (Å²) in [5, 5.41) is 0. The molecule has 0 radical (unpaired) electrons. The molecule has 0 saturated carbocycles. The van der Waals surface area contributed by atoms with E-state index in [2.05, 4.69) is 43.4 Å². The Morgan fingerprint density at radius 3 is 1.38 bits per heavy atom. The summed E-state index contributed by atoms with van der Waals surface area (Å²) in [4.78, 5) is 0. The van der Waals surface area contributed by atoms with Crippen LogP contribution in [0, 0.1) is 6.92 Å². The van der Waals surface area contributed by atoms with Gasteiger partial charge in [0.25, 0.3) is 0 Å². The van der Waals surface area contributed by atoms with Gasteiger partial charge in [-0.3, -0.25) is 0 Å². The highest BCUT2D eigenvalue weighted by molar-refractivity contribution is 5.16. The summed E-state index contributed by atoms with van der Waals surface area (Å²) in [5.74, 6) is 0. The van der Waals surface area contributed by atoms with Gasteiger partial charge in [-0.05, 0) is 27.2 Å². The predicted molar refractivity (Wildman–Crippen MR) is 125 cm³/mol. The SMILES string of the molecule is C/C=C/C=C/C=C/C=C/C/C=C/C=C/C.CC.CC.Cc1ccccc1. The molecule has 0 fully saturated rings. The van der Waals surface area contributed by atoms with Crippen LogP contribution >= 0.6 is 0 Å². The van der Waals surface area contributed by atoms with Gasteiger partial charge in [0.2, 0.25) is 0 Å². The monoisotopic (exact) mass is 352 g/mol. The maximum atomic E-state index is 2.12. The second kappa shape index (κ2) is 30.5. The highest BCUT2D eigenvalue weighted by atomic mass is 13.8. The Hall–Kier alpha value is -2.34. The normalized spacial score (nSPS) is 10.9. The molecule has 0 aliphatic heterocycles. The van der Waals surface area contributed by atoms with Gasteiger partial charge < -0.3 is 0 Å². The first-order valence-corrected chi connectivity index (χ1v) is 9.72. The van der Waals surface area contributed by atoms with Crippen LogP contribution in [0.15, 0.2) is 103 Å². The van der Waals surface area contributed by atoms with Crippen molar-refractivity contribution in [2.24, 2.45) is 0 Å². The lowest BCUT2D eigenvalue weighted by molar-refractivity contribution is 1.39. The van der Waals surface area contributed by atoms with Crippen molar-refractivity contribution in [3.8, 4) is 0 Å².